The van der Waals surface area contributed by atoms with Gasteiger partial charge in [0.1, 0.15) is 37.6 Å². The number of hydrogen-bond acceptors (Lipinski definition) is 8. The molecule has 2 aliphatic heterocycles. The van der Waals surface area contributed by atoms with Crippen LogP contribution in [0.5, 0.6) is 11.5 Å². The normalized spacial score (nSPS) is 21.9. The minimum Gasteiger partial charge on any atom is -0.486 e. The molecule has 59 heavy (non-hydrogen) atoms. The van der Waals surface area contributed by atoms with E-state index in [-0.39, 0.29) is 11.6 Å². The maximum Gasteiger partial charge on any atom is 0.225 e. The predicted octanol–water partition coefficient (Wildman–Crippen LogP) is 10.8. The molecule has 0 unspecified atom stereocenters. The van der Waals surface area contributed by atoms with E-state index in [4.69, 9.17) is 37.6 Å². The second-order valence-corrected chi connectivity index (χ2v) is 22.5. The van der Waals surface area contributed by atoms with Gasteiger partial charge in [-0.25, -0.2) is 0 Å². The molecule has 1 saturated heterocycles. The van der Waals surface area contributed by atoms with E-state index >= 15 is 0 Å². The zero-order valence-corrected chi connectivity index (χ0v) is 37.6. The van der Waals surface area contributed by atoms with Crippen LogP contribution in [0.3, 0.4) is 0 Å². The average Bonchev–Trinajstić information content (AvgIpc) is 3.25. The van der Waals surface area contributed by atoms with Crippen LogP contribution < -0.4 is 9.47 Å². The van der Waals surface area contributed by atoms with Crippen molar-refractivity contribution >= 4 is 24.2 Å². The standard InChI is InChI=1S/C49H57BrO8Si/c1-48(2,3)59(5,6)57-34-44-45(54-31-35-16-10-7-11-17-35)46(55-32-36-18-12-8-13-19-36)47(56-33-37-20-14-9-15-21-37)49(51-4,58-44)40-23-24-41(50)39(30-40)28-38-22-25-42-43(29-38)53-27-26-52-42/h7-25,29-30,44-47H,26-28,31-34H2,1-6H3/t44-,45-,46+,47-,49+/m1/s1. The molecule has 7 rings (SSSR count). The summed E-state index contributed by atoms with van der Waals surface area (Å²) in [6.07, 6.45) is -2.02. The highest BCUT2D eigenvalue weighted by Gasteiger charge is 2.59. The lowest BCUT2D eigenvalue weighted by Crippen LogP contribution is -2.66. The zero-order chi connectivity index (χ0) is 41.5. The van der Waals surface area contributed by atoms with Crippen LogP contribution in [0.2, 0.25) is 18.1 Å². The van der Waals surface area contributed by atoms with E-state index in [9.17, 15) is 0 Å². The summed E-state index contributed by atoms with van der Waals surface area (Å²) < 4.78 is 55.0. The van der Waals surface area contributed by atoms with E-state index in [0.717, 1.165) is 49.4 Å². The molecule has 10 heteroatoms. The first kappa shape index (κ1) is 43.3. The van der Waals surface area contributed by atoms with Gasteiger partial charge in [-0.3, -0.25) is 0 Å². The summed E-state index contributed by atoms with van der Waals surface area (Å²) in [5.41, 5.74) is 6.00. The lowest BCUT2D eigenvalue weighted by Gasteiger charge is -2.52. The largest absolute Gasteiger partial charge is 0.486 e. The first-order valence-electron chi connectivity index (χ1n) is 20.5. The molecule has 2 aliphatic rings. The summed E-state index contributed by atoms with van der Waals surface area (Å²) in [4.78, 5) is 0. The van der Waals surface area contributed by atoms with E-state index in [1.807, 2.05) is 66.7 Å². The quantitative estimate of drug-likeness (QED) is 0.0908. The van der Waals surface area contributed by atoms with Crippen molar-refractivity contribution < 1.29 is 37.6 Å². The van der Waals surface area contributed by atoms with Crippen molar-refractivity contribution in [3.63, 3.8) is 0 Å². The first-order chi connectivity index (χ1) is 28.5. The summed E-state index contributed by atoms with van der Waals surface area (Å²) in [7, 11) is -0.568. The van der Waals surface area contributed by atoms with Gasteiger partial charge in [0.15, 0.2) is 19.8 Å². The van der Waals surface area contributed by atoms with Gasteiger partial charge in [-0.15, -0.1) is 0 Å². The van der Waals surface area contributed by atoms with E-state index < -0.39 is 38.5 Å². The summed E-state index contributed by atoms with van der Waals surface area (Å²) in [5.74, 6) is 0.0764. The smallest absolute Gasteiger partial charge is 0.225 e. The van der Waals surface area contributed by atoms with Crippen LogP contribution in [-0.2, 0) is 60.1 Å². The summed E-state index contributed by atoms with van der Waals surface area (Å²) >= 11 is 3.87. The molecule has 0 radical (unpaired) electrons. The van der Waals surface area contributed by atoms with Crippen molar-refractivity contribution in [2.45, 2.75) is 95.3 Å². The van der Waals surface area contributed by atoms with Crippen LogP contribution in [0, 0.1) is 0 Å². The third-order valence-corrected chi connectivity index (χ3v) is 17.0. The lowest BCUT2D eigenvalue weighted by atomic mass is 9.86. The third kappa shape index (κ3) is 10.4. The van der Waals surface area contributed by atoms with Gasteiger partial charge < -0.3 is 37.6 Å². The van der Waals surface area contributed by atoms with E-state index in [2.05, 4.69) is 110 Å². The Morgan fingerprint density at radius 1 is 0.661 bits per heavy atom. The van der Waals surface area contributed by atoms with Crippen molar-refractivity contribution in [1.82, 2.24) is 0 Å². The van der Waals surface area contributed by atoms with Crippen LogP contribution in [-0.4, -0.2) is 59.7 Å². The molecule has 0 bridgehead atoms. The average molecular weight is 882 g/mol. The molecular weight excluding hydrogens is 825 g/mol. The molecule has 5 atom stereocenters. The van der Waals surface area contributed by atoms with Crippen molar-refractivity contribution in [2.75, 3.05) is 26.9 Å². The van der Waals surface area contributed by atoms with Gasteiger partial charge in [0, 0.05) is 17.1 Å². The maximum absolute atomic E-state index is 7.41. The minimum absolute atomic E-state index is 0.0284. The van der Waals surface area contributed by atoms with Crippen LogP contribution in [0.4, 0.5) is 0 Å². The highest BCUT2D eigenvalue weighted by Crippen LogP contribution is 2.46. The van der Waals surface area contributed by atoms with Gasteiger partial charge in [-0.2, -0.15) is 0 Å². The van der Waals surface area contributed by atoms with Crippen LogP contribution in [0.25, 0.3) is 0 Å². The molecule has 0 aromatic heterocycles. The number of rotatable bonds is 16. The monoisotopic (exact) mass is 880 g/mol. The predicted molar refractivity (Wildman–Crippen MR) is 236 cm³/mol. The summed E-state index contributed by atoms with van der Waals surface area (Å²) in [5, 5.41) is -0.0284. The fourth-order valence-corrected chi connectivity index (χ4v) is 8.74. The fourth-order valence-electron chi connectivity index (χ4n) is 7.34. The Bertz CT molecular complexity index is 2090. The number of hydrogen-bond donors (Lipinski definition) is 0. The Labute approximate surface area is 359 Å². The Morgan fingerprint density at radius 2 is 1.22 bits per heavy atom. The number of methoxy groups -OCH3 is 1. The highest BCUT2D eigenvalue weighted by atomic mass is 79.9. The lowest BCUT2D eigenvalue weighted by molar-refractivity contribution is -0.384. The number of halogens is 1. The second kappa shape index (κ2) is 19.3. The molecule has 0 N–H and O–H groups in total. The second-order valence-electron chi connectivity index (χ2n) is 16.8. The topological polar surface area (TPSA) is 73.8 Å². The molecular formula is C49H57BrO8Si. The Hall–Kier alpha value is -3.84. The van der Waals surface area contributed by atoms with Crippen molar-refractivity contribution in [2.24, 2.45) is 0 Å². The molecule has 2 heterocycles. The molecule has 0 aliphatic carbocycles. The first-order valence-corrected chi connectivity index (χ1v) is 24.2. The van der Waals surface area contributed by atoms with Crippen molar-refractivity contribution in [3.8, 4) is 11.5 Å². The molecule has 5 aromatic rings. The molecule has 0 saturated carbocycles. The van der Waals surface area contributed by atoms with Crippen LogP contribution in [0.1, 0.15) is 54.2 Å². The van der Waals surface area contributed by atoms with Gasteiger partial charge in [-0.1, -0.05) is 140 Å². The molecule has 312 valence electrons. The highest BCUT2D eigenvalue weighted by molar-refractivity contribution is 9.10. The van der Waals surface area contributed by atoms with Gasteiger partial charge in [0.05, 0.1) is 26.4 Å². The molecule has 5 aromatic carbocycles. The summed E-state index contributed by atoms with van der Waals surface area (Å²) in [6, 6.07) is 42.9. The van der Waals surface area contributed by atoms with E-state index in [1.54, 1.807) is 7.11 Å². The Balaban J connectivity index is 1.33. The Kier molecular flexibility index (Phi) is 14.1. The number of benzene rings is 5. The van der Waals surface area contributed by atoms with Crippen molar-refractivity contribution in [1.29, 1.82) is 0 Å². The fraction of sp³-hybridized carbons (Fsp3) is 0.388. The van der Waals surface area contributed by atoms with Crippen LogP contribution in [0.15, 0.2) is 132 Å². The minimum atomic E-state index is -2.25. The third-order valence-electron chi connectivity index (χ3n) is 11.7. The summed E-state index contributed by atoms with van der Waals surface area (Å²) in [6.45, 7) is 13.6. The molecule has 0 spiro atoms. The SMILES string of the molecule is CO[C@@]1(c2ccc(Br)c(Cc3ccc4c(c3)OCCO4)c2)O[C@H](CO[Si](C)(C)C(C)(C)C)[C@@H](OCc2ccccc2)[C@H](OCc2ccccc2)[C@H]1OCc1ccccc1. The molecule has 0 amide bonds. The van der Waals surface area contributed by atoms with E-state index in [0.29, 0.717) is 39.5 Å². The Morgan fingerprint density at radius 3 is 1.80 bits per heavy atom. The number of ether oxygens (including phenoxy) is 7. The molecule has 1 fully saturated rings. The van der Waals surface area contributed by atoms with Crippen molar-refractivity contribution in [3.05, 3.63) is 165 Å². The number of fused-ring (bicyclic) bond motifs is 1. The zero-order valence-electron chi connectivity index (χ0n) is 35.0. The van der Waals surface area contributed by atoms with Gasteiger partial charge in [0.2, 0.25) is 5.79 Å². The van der Waals surface area contributed by atoms with Gasteiger partial charge >= 0.3 is 0 Å². The molecule has 8 nitrogen and oxygen atoms in total. The van der Waals surface area contributed by atoms with Gasteiger partial charge in [-0.05, 0) is 76.6 Å². The van der Waals surface area contributed by atoms with E-state index in [1.165, 1.54) is 0 Å². The van der Waals surface area contributed by atoms with Gasteiger partial charge in [0.25, 0.3) is 0 Å². The van der Waals surface area contributed by atoms with Crippen LogP contribution >= 0.6 is 15.9 Å². The maximum atomic E-state index is 7.41.